The normalized spacial score (nSPS) is 17.6. The van der Waals surface area contributed by atoms with E-state index in [9.17, 15) is 0 Å². The third kappa shape index (κ3) is 3.03. The number of ether oxygens (including phenoxy) is 1. The van der Waals surface area contributed by atoms with Crippen molar-refractivity contribution in [1.82, 2.24) is 10.2 Å². The van der Waals surface area contributed by atoms with Crippen LogP contribution in [0.1, 0.15) is 30.9 Å². The predicted molar refractivity (Wildman–Crippen MR) is 75.1 cm³/mol. The van der Waals surface area contributed by atoms with Gasteiger partial charge in [-0.25, -0.2) is 0 Å². The molecule has 0 heterocycles. The average Bonchev–Trinajstić information content (AvgIpc) is 2.34. The molecule has 0 amide bonds. The first kappa shape index (κ1) is 13.4. The lowest BCUT2D eigenvalue weighted by molar-refractivity contribution is 0.147. The molecule has 1 aliphatic rings. The molecule has 1 N–H and O–H groups in total. The number of rotatable bonds is 6. The SMILES string of the molecule is CNC(CN(C)C1CCC1)c1ccc(OC)cc1. The summed E-state index contributed by atoms with van der Waals surface area (Å²) in [4.78, 5) is 2.48. The fraction of sp³-hybridized carbons (Fsp3) is 0.600. The molecule has 1 aromatic carbocycles. The highest BCUT2D eigenvalue weighted by Crippen LogP contribution is 2.26. The van der Waals surface area contributed by atoms with Gasteiger partial charge in [-0.2, -0.15) is 0 Å². The zero-order valence-electron chi connectivity index (χ0n) is 11.6. The Morgan fingerprint density at radius 3 is 2.44 bits per heavy atom. The molecule has 0 radical (unpaired) electrons. The number of hydrogen-bond acceptors (Lipinski definition) is 3. The standard InChI is InChI=1S/C15H24N2O/c1-16-15(11-17(2)13-5-4-6-13)12-7-9-14(18-3)10-8-12/h7-10,13,15-16H,4-6,11H2,1-3H3. The van der Waals surface area contributed by atoms with Crippen LogP contribution >= 0.6 is 0 Å². The second-order valence-electron chi connectivity index (χ2n) is 5.14. The van der Waals surface area contributed by atoms with E-state index in [-0.39, 0.29) is 0 Å². The van der Waals surface area contributed by atoms with E-state index in [4.69, 9.17) is 4.74 Å². The van der Waals surface area contributed by atoms with Crippen LogP contribution in [0.2, 0.25) is 0 Å². The Hall–Kier alpha value is -1.06. The van der Waals surface area contributed by atoms with Gasteiger partial charge >= 0.3 is 0 Å². The highest BCUT2D eigenvalue weighted by Gasteiger charge is 2.24. The van der Waals surface area contributed by atoms with Gasteiger partial charge in [0.1, 0.15) is 5.75 Å². The summed E-state index contributed by atoms with van der Waals surface area (Å²) in [5.41, 5.74) is 1.32. The molecule has 0 saturated heterocycles. The molecule has 2 rings (SSSR count). The van der Waals surface area contributed by atoms with Crippen molar-refractivity contribution in [3.05, 3.63) is 29.8 Å². The van der Waals surface area contributed by atoms with E-state index in [1.165, 1.54) is 24.8 Å². The third-order valence-electron chi connectivity index (χ3n) is 4.04. The summed E-state index contributed by atoms with van der Waals surface area (Å²) >= 11 is 0. The van der Waals surface area contributed by atoms with Crippen molar-refractivity contribution in [2.45, 2.75) is 31.3 Å². The Morgan fingerprint density at radius 2 is 2.00 bits per heavy atom. The number of nitrogens with one attached hydrogen (secondary N) is 1. The summed E-state index contributed by atoms with van der Waals surface area (Å²) in [5, 5.41) is 3.41. The lowest BCUT2D eigenvalue weighted by Gasteiger charge is -2.36. The third-order valence-corrected chi connectivity index (χ3v) is 4.04. The van der Waals surface area contributed by atoms with Gasteiger partial charge in [0, 0.05) is 18.6 Å². The van der Waals surface area contributed by atoms with Crippen LogP contribution < -0.4 is 10.1 Å². The van der Waals surface area contributed by atoms with Gasteiger partial charge < -0.3 is 15.0 Å². The molecule has 18 heavy (non-hydrogen) atoms. The molecule has 0 aliphatic heterocycles. The minimum absolute atomic E-state index is 0.390. The van der Waals surface area contributed by atoms with E-state index in [2.05, 4.69) is 29.4 Å². The second-order valence-corrected chi connectivity index (χ2v) is 5.14. The van der Waals surface area contributed by atoms with Crippen LogP contribution in [-0.2, 0) is 0 Å². The van der Waals surface area contributed by atoms with E-state index in [0.717, 1.165) is 18.3 Å². The first-order valence-electron chi connectivity index (χ1n) is 6.76. The molecule has 1 unspecified atom stereocenters. The van der Waals surface area contributed by atoms with E-state index >= 15 is 0 Å². The number of likely N-dealkylation sites (N-methyl/N-ethyl adjacent to an activating group) is 2. The molecule has 1 saturated carbocycles. The lowest BCUT2D eigenvalue weighted by atomic mass is 9.91. The Labute approximate surface area is 110 Å². The first-order chi connectivity index (χ1) is 8.74. The molecule has 100 valence electrons. The van der Waals surface area contributed by atoms with E-state index in [1.807, 2.05) is 19.2 Å². The van der Waals surface area contributed by atoms with Crippen LogP contribution in [-0.4, -0.2) is 38.7 Å². The molecule has 3 nitrogen and oxygen atoms in total. The summed E-state index contributed by atoms with van der Waals surface area (Å²) in [6.07, 6.45) is 4.10. The maximum Gasteiger partial charge on any atom is 0.118 e. The van der Waals surface area contributed by atoms with Gasteiger partial charge in [0.15, 0.2) is 0 Å². The quantitative estimate of drug-likeness (QED) is 0.837. The first-order valence-corrected chi connectivity index (χ1v) is 6.76. The molecular weight excluding hydrogens is 224 g/mol. The number of benzene rings is 1. The zero-order valence-corrected chi connectivity index (χ0v) is 11.6. The topological polar surface area (TPSA) is 24.5 Å². The molecule has 1 aliphatic carbocycles. The van der Waals surface area contributed by atoms with Crippen molar-refractivity contribution in [3.8, 4) is 5.75 Å². The maximum atomic E-state index is 5.20. The van der Waals surface area contributed by atoms with E-state index < -0.39 is 0 Å². The molecular formula is C15H24N2O. The van der Waals surface area contributed by atoms with Gasteiger partial charge in [-0.3, -0.25) is 0 Å². The minimum atomic E-state index is 0.390. The Bertz CT molecular complexity index is 359. The van der Waals surface area contributed by atoms with E-state index in [0.29, 0.717) is 6.04 Å². The fourth-order valence-electron chi connectivity index (χ4n) is 2.46. The summed E-state index contributed by atoms with van der Waals surface area (Å²) in [5.74, 6) is 0.918. The van der Waals surface area contributed by atoms with Crippen molar-refractivity contribution in [3.63, 3.8) is 0 Å². The van der Waals surface area contributed by atoms with Gasteiger partial charge in [-0.05, 0) is 44.6 Å². The Kier molecular flexibility index (Phi) is 4.61. The van der Waals surface area contributed by atoms with Crippen LogP contribution in [0.15, 0.2) is 24.3 Å². The van der Waals surface area contributed by atoms with Crippen molar-refractivity contribution < 1.29 is 4.74 Å². The van der Waals surface area contributed by atoms with Crippen LogP contribution in [0.4, 0.5) is 0 Å². The summed E-state index contributed by atoms with van der Waals surface area (Å²) < 4.78 is 5.20. The Balaban J connectivity index is 1.97. The van der Waals surface area contributed by atoms with Crippen molar-refractivity contribution in [2.24, 2.45) is 0 Å². The molecule has 0 spiro atoms. The minimum Gasteiger partial charge on any atom is -0.497 e. The molecule has 0 bridgehead atoms. The van der Waals surface area contributed by atoms with Gasteiger partial charge in [0.2, 0.25) is 0 Å². The average molecular weight is 248 g/mol. The smallest absolute Gasteiger partial charge is 0.118 e. The van der Waals surface area contributed by atoms with Crippen molar-refractivity contribution >= 4 is 0 Å². The molecule has 1 atom stereocenters. The van der Waals surface area contributed by atoms with Crippen molar-refractivity contribution in [2.75, 3.05) is 27.7 Å². The molecule has 0 aromatic heterocycles. The molecule has 3 heteroatoms. The van der Waals surface area contributed by atoms with Crippen LogP contribution in [0, 0.1) is 0 Å². The molecule has 1 fully saturated rings. The van der Waals surface area contributed by atoms with E-state index in [1.54, 1.807) is 7.11 Å². The Morgan fingerprint density at radius 1 is 1.33 bits per heavy atom. The number of nitrogens with zero attached hydrogens (tertiary/aromatic N) is 1. The predicted octanol–water partition coefficient (Wildman–Crippen LogP) is 2.44. The van der Waals surface area contributed by atoms with Crippen molar-refractivity contribution in [1.29, 1.82) is 0 Å². The number of hydrogen-bond donors (Lipinski definition) is 1. The van der Waals surface area contributed by atoms with Crippen LogP contribution in [0.3, 0.4) is 0 Å². The summed E-state index contributed by atoms with van der Waals surface area (Å²) in [6.45, 7) is 1.06. The summed E-state index contributed by atoms with van der Waals surface area (Å²) in [7, 11) is 5.97. The van der Waals surface area contributed by atoms with Gasteiger partial charge in [-0.1, -0.05) is 18.6 Å². The van der Waals surface area contributed by atoms with Gasteiger partial charge in [-0.15, -0.1) is 0 Å². The van der Waals surface area contributed by atoms with Gasteiger partial charge in [0.05, 0.1) is 7.11 Å². The molecule has 1 aromatic rings. The largest absolute Gasteiger partial charge is 0.497 e. The zero-order chi connectivity index (χ0) is 13.0. The monoisotopic (exact) mass is 248 g/mol. The lowest BCUT2D eigenvalue weighted by Crippen LogP contribution is -2.41. The summed E-state index contributed by atoms with van der Waals surface area (Å²) in [6, 6.07) is 9.54. The van der Waals surface area contributed by atoms with Crippen LogP contribution in [0.5, 0.6) is 5.75 Å². The highest BCUT2D eigenvalue weighted by atomic mass is 16.5. The maximum absolute atomic E-state index is 5.20. The number of methoxy groups -OCH3 is 1. The highest BCUT2D eigenvalue weighted by molar-refractivity contribution is 5.29. The fourth-order valence-corrected chi connectivity index (χ4v) is 2.46. The second kappa shape index (κ2) is 6.21. The van der Waals surface area contributed by atoms with Crippen LogP contribution in [0.25, 0.3) is 0 Å². The van der Waals surface area contributed by atoms with Gasteiger partial charge in [0.25, 0.3) is 0 Å².